The molecule has 27 heavy (non-hydrogen) atoms. The third-order valence-corrected chi connectivity index (χ3v) is 4.42. The van der Waals surface area contributed by atoms with E-state index in [0.29, 0.717) is 19.6 Å². The molecule has 0 bridgehead atoms. The van der Waals surface area contributed by atoms with Crippen molar-refractivity contribution < 1.29 is 23.5 Å². The van der Waals surface area contributed by atoms with Gasteiger partial charge >= 0.3 is 5.97 Å². The molecule has 2 aromatic rings. The van der Waals surface area contributed by atoms with E-state index in [4.69, 9.17) is 9.47 Å². The molecule has 0 heterocycles. The zero-order chi connectivity index (χ0) is 19.2. The van der Waals surface area contributed by atoms with Crippen molar-refractivity contribution in [2.24, 2.45) is 5.92 Å². The van der Waals surface area contributed by atoms with E-state index in [1.54, 1.807) is 12.1 Å². The highest BCUT2D eigenvalue weighted by Crippen LogP contribution is 2.48. The van der Waals surface area contributed by atoms with Crippen LogP contribution in [0, 0.1) is 18.7 Å². The quantitative estimate of drug-likeness (QED) is 0.572. The molecule has 1 amide bonds. The Balaban J connectivity index is 1.31. The smallest absolute Gasteiger partial charge is 0.310 e. The first-order chi connectivity index (χ1) is 13.0. The summed E-state index contributed by atoms with van der Waals surface area (Å²) in [5.74, 6) is -0.528. The molecule has 2 unspecified atom stereocenters. The van der Waals surface area contributed by atoms with Crippen LogP contribution in [0.25, 0.3) is 0 Å². The molecule has 3 rings (SSSR count). The molecule has 0 saturated heterocycles. The second kappa shape index (κ2) is 8.66. The number of amides is 1. The SMILES string of the molecule is Cc1cccc(OCCNC(=O)COC(=O)C2CC2c2ccc(F)cc2)c1. The first-order valence-electron chi connectivity index (χ1n) is 8.91. The van der Waals surface area contributed by atoms with E-state index >= 15 is 0 Å². The van der Waals surface area contributed by atoms with Gasteiger partial charge in [0.1, 0.15) is 18.2 Å². The third kappa shape index (κ3) is 5.54. The van der Waals surface area contributed by atoms with Crippen molar-refractivity contribution in [3.8, 4) is 5.75 Å². The lowest BCUT2D eigenvalue weighted by atomic mass is 10.1. The Morgan fingerprint density at radius 3 is 2.70 bits per heavy atom. The highest BCUT2D eigenvalue weighted by Gasteiger charge is 2.45. The van der Waals surface area contributed by atoms with Crippen LogP contribution in [0.5, 0.6) is 5.75 Å². The van der Waals surface area contributed by atoms with E-state index in [1.165, 1.54) is 12.1 Å². The Hall–Kier alpha value is -2.89. The van der Waals surface area contributed by atoms with Gasteiger partial charge in [-0.2, -0.15) is 0 Å². The van der Waals surface area contributed by atoms with E-state index in [1.807, 2.05) is 31.2 Å². The van der Waals surface area contributed by atoms with Crippen molar-refractivity contribution >= 4 is 11.9 Å². The van der Waals surface area contributed by atoms with Crippen LogP contribution in [0.1, 0.15) is 23.5 Å². The minimum Gasteiger partial charge on any atom is -0.492 e. The van der Waals surface area contributed by atoms with Gasteiger partial charge in [-0.3, -0.25) is 9.59 Å². The van der Waals surface area contributed by atoms with E-state index in [0.717, 1.165) is 16.9 Å². The van der Waals surface area contributed by atoms with Crippen molar-refractivity contribution in [1.82, 2.24) is 5.32 Å². The number of carbonyl (C=O) groups excluding carboxylic acids is 2. The maximum atomic E-state index is 12.9. The number of aryl methyl sites for hydroxylation is 1. The molecule has 1 fully saturated rings. The van der Waals surface area contributed by atoms with Crippen molar-refractivity contribution in [1.29, 1.82) is 0 Å². The molecule has 142 valence electrons. The van der Waals surface area contributed by atoms with Gasteiger partial charge in [-0.05, 0) is 54.7 Å². The lowest BCUT2D eigenvalue weighted by Gasteiger charge is -2.09. The summed E-state index contributed by atoms with van der Waals surface area (Å²) in [5, 5.41) is 2.65. The van der Waals surface area contributed by atoms with Crippen molar-refractivity contribution in [3.05, 3.63) is 65.5 Å². The Bertz CT molecular complexity index is 806. The van der Waals surface area contributed by atoms with Crippen LogP contribution in [0.4, 0.5) is 4.39 Å². The summed E-state index contributed by atoms with van der Waals surface area (Å²) in [4.78, 5) is 23.8. The lowest BCUT2D eigenvalue weighted by molar-refractivity contribution is -0.149. The van der Waals surface area contributed by atoms with Gasteiger partial charge in [0.15, 0.2) is 6.61 Å². The third-order valence-electron chi connectivity index (χ3n) is 4.42. The molecule has 1 N–H and O–H groups in total. The number of hydrogen-bond acceptors (Lipinski definition) is 4. The zero-order valence-corrected chi connectivity index (χ0v) is 15.1. The Kier molecular flexibility index (Phi) is 6.06. The molecular formula is C21H22FNO4. The number of nitrogens with one attached hydrogen (secondary N) is 1. The molecule has 1 saturated carbocycles. The van der Waals surface area contributed by atoms with Crippen LogP contribution >= 0.6 is 0 Å². The fourth-order valence-electron chi connectivity index (χ4n) is 2.89. The average molecular weight is 371 g/mol. The van der Waals surface area contributed by atoms with Crippen LogP contribution in [0.2, 0.25) is 0 Å². The van der Waals surface area contributed by atoms with Gasteiger partial charge in [0.2, 0.25) is 0 Å². The molecule has 2 atom stereocenters. The minimum atomic E-state index is -0.393. The number of halogens is 1. The number of hydrogen-bond donors (Lipinski definition) is 1. The van der Waals surface area contributed by atoms with E-state index in [2.05, 4.69) is 5.32 Å². The topological polar surface area (TPSA) is 64.6 Å². The molecule has 2 aromatic carbocycles. The van der Waals surface area contributed by atoms with Crippen molar-refractivity contribution in [2.45, 2.75) is 19.3 Å². The summed E-state index contributed by atoms with van der Waals surface area (Å²) >= 11 is 0. The second-order valence-corrected chi connectivity index (χ2v) is 6.62. The Morgan fingerprint density at radius 2 is 1.96 bits per heavy atom. The monoisotopic (exact) mass is 371 g/mol. The summed E-state index contributed by atoms with van der Waals surface area (Å²) in [6.45, 7) is 2.32. The zero-order valence-electron chi connectivity index (χ0n) is 15.1. The highest BCUT2D eigenvalue weighted by molar-refractivity contribution is 5.83. The van der Waals surface area contributed by atoms with Crippen LogP contribution in [0.3, 0.4) is 0 Å². The summed E-state index contributed by atoms with van der Waals surface area (Å²) in [6.07, 6.45) is 0.663. The maximum absolute atomic E-state index is 12.9. The Labute approximate surface area is 157 Å². The lowest BCUT2D eigenvalue weighted by Crippen LogP contribution is -2.32. The molecular weight excluding hydrogens is 349 g/mol. The first-order valence-corrected chi connectivity index (χ1v) is 8.91. The van der Waals surface area contributed by atoms with Gasteiger partial charge in [-0.1, -0.05) is 24.3 Å². The normalized spacial score (nSPS) is 17.9. The largest absolute Gasteiger partial charge is 0.492 e. The van der Waals surface area contributed by atoms with Crippen molar-refractivity contribution in [2.75, 3.05) is 19.8 Å². The fraction of sp³-hybridized carbons (Fsp3) is 0.333. The number of benzene rings is 2. The van der Waals surface area contributed by atoms with Gasteiger partial charge in [-0.25, -0.2) is 4.39 Å². The molecule has 0 aromatic heterocycles. The van der Waals surface area contributed by atoms with E-state index < -0.39 is 5.97 Å². The van der Waals surface area contributed by atoms with Gasteiger partial charge in [0.25, 0.3) is 5.91 Å². The van der Waals surface area contributed by atoms with Crippen LogP contribution in [-0.2, 0) is 14.3 Å². The maximum Gasteiger partial charge on any atom is 0.310 e. The van der Waals surface area contributed by atoms with Crippen molar-refractivity contribution in [3.63, 3.8) is 0 Å². The predicted molar refractivity (Wildman–Crippen MR) is 97.9 cm³/mol. The number of esters is 1. The van der Waals surface area contributed by atoms with Gasteiger partial charge in [0.05, 0.1) is 12.5 Å². The standard InChI is InChI=1S/C21H22FNO4/c1-14-3-2-4-17(11-14)26-10-9-23-20(24)13-27-21(25)19-12-18(19)15-5-7-16(22)8-6-15/h2-8,11,18-19H,9-10,12-13H2,1H3,(H,23,24). The molecule has 0 aliphatic heterocycles. The molecule has 6 heteroatoms. The molecule has 1 aliphatic rings. The second-order valence-electron chi connectivity index (χ2n) is 6.62. The van der Waals surface area contributed by atoms with E-state index in [-0.39, 0.29) is 30.2 Å². The first kappa shape index (κ1) is 18.9. The summed E-state index contributed by atoms with van der Waals surface area (Å²) in [5.41, 5.74) is 2.01. The summed E-state index contributed by atoms with van der Waals surface area (Å²) in [6, 6.07) is 13.7. The average Bonchev–Trinajstić information content (AvgIpc) is 3.45. The Morgan fingerprint density at radius 1 is 1.19 bits per heavy atom. The number of carbonyl (C=O) groups is 2. The van der Waals surface area contributed by atoms with Crippen LogP contribution in [0.15, 0.2) is 48.5 Å². The predicted octanol–water partition coefficient (Wildman–Crippen LogP) is 2.98. The molecule has 5 nitrogen and oxygen atoms in total. The highest BCUT2D eigenvalue weighted by atomic mass is 19.1. The van der Waals surface area contributed by atoms with Gasteiger partial charge in [-0.15, -0.1) is 0 Å². The van der Waals surface area contributed by atoms with E-state index in [9.17, 15) is 14.0 Å². The molecule has 0 radical (unpaired) electrons. The summed E-state index contributed by atoms with van der Waals surface area (Å²) < 4.78 is 23.5. The molecule has 0 spiro atoms. The number of ether oxygens (including phenoxy) is 2. The summed E-state index contributed by atoms with van der Waals surface area (Å²) in [7, 11) is 0. The number of rotatable bonds is 8. The van der Waals surface area contributed by atoms with Gasteiger partial charge in [0, 0.05) is 0 Å². The van der Waals surface area contributed by atoms with Crippen LogP contribution in [-0.4, -0.2) is 31.6 Å². The minimum absolute atomic E-state index is 0.0453. The van der Waals surface area contributed by atoms with Gasteiger partial charge < -0.3 is 14.8 Å². The fourth-order valence-corrected chi connectivity index (χ4v) is 2.89. The van der Waals surface area contributed by atoms with Crippen LogP contribution < -0.4 is 10.1 Å². The molecule has 1 aliphatic carbocycles.